The summed E-state index contributed by atoms with van der Waals surface area (Å²) < 4.78 is 27.2. The monoisotopic (exact) mass is 272 g/mol. The van der Waals surface area contributed by atoms with Crippen LogP contribution in [0.1, 0.15) is 24.5 Å². The Hall–Kier alpha value is -2.41. The lowest BCUT2D eigenvalue weighted by atomic mass is 10.1. The van der Waals surface area contributed by atoms with Gasteiger partial charge in [-0.1, -0.05) is 25.5 Å². The number of nitrogens with one attached hydrogen (secondary N) is 1. The van der Waals surface area contributed by atoms with Crippen molar-refractivity contribution in [1.29, 1.82) is 5.26 Å². The van der Waals surface area contributed by atoms with Gasteiger partial charge in [0.1, 0.15) is 6.07 Å². The summed E-state index contributed by atoms with van der Waals surface area (Å²) in [7, 11) is 0. The molecule has 0 aliphatic heterocycles. The molecule has 0 spiro atoms. The zero-order valence-electron chi connectivity index (χ0n) is 11.1. The maximum atomic E-state index is 13.7. The second-order valence-electron chi connectivity index (χ2n) is 4.47. The lowest BCUT2D eigenvalue weighted by Gasteiger charge is -2.09. The maximum absolute atomic E-state index is 13.7. The van der Waals surface area contributed by atoms with Crippen molar-refractivity contribution in [2.75, 3.05) is 5.32 Å². The summed E-state index contributed by atoms with van der Waals surface area (Å²) in [6, 6.07) is 11.8. The first-order valence-electron chi connectivity index (χ1n) is 6.39. The molecule has 0 aliphatic carbocycles. The molecule has 2 nitrogen and oxygen atoms in total. The molecule has 0 atom stereocenters. The molecular formula is C16H14F2N2. The summed E-state index contributed by atoms with van der Waals surface area (Å²) in [4.78, 5) is 0. The summed E-state index contributed by atoms with van der Waals surface area (Å²) in [5, 5.41) is 11.4. The Kier molecular flexibility index (Phi) is 4.31. The zero-order chi connectivity index (χ0) is 14.5. The fourth-order valence-electron chi connectivity index (χ4n) is 1.93. The van der Waals surface area contributed by atoms with Gasteiger partial charge in [-0.3, -0.25) is 0 Å². The highest BCUT2D eigenvalue weighted by atomic mass is 19.2. The van der Waals surface area contributed by atoms with Crippen LogP contribution < -0.4 is 5.32 Å². The first kappa shape index (κ1) is 14.0. The number of nitrogens with zero attached hydrogens (tertiary/aromatic N) is 1. The van der Waals surface area contributed by atoms with Crippen LogP contribution in [0.25, 0.3) is 0 Å². The van der Waals surface area contributed by atoms with Crippen LogP contribution in [-0.4, -0.2) is 0 Å². The number of benzene rings is 2. The van der Waals surface area contributed by atoms with Gasteiger partial charge in [-0.15, -0.1) is 0 Å². The third-order valence-electron chi connectivity index (χ3n) is 2.97. The molecule has 102 valence electrons. The topological polar surface area (TPSA) is 35.8 Å². The van der Waals surface area contributed by atoms with Crippen molar-refractivity contribution in [2.45, 2.75) is 19.8 Å². The van der Waals surface area contributed by atoms with E-state index in [9.17, 15) is 8.78 Å². The Morgan fingerprint density at radius 1 is 1.05 bits per heavy atom. The second kappa shape index (κ2) is 6.16. The first-order valence-corrected chi connectivity index (χ1v) is 6.39. The average molecular weight is 272 g/mol. The maximum Gasteiger partial charge on any atom is 0.183 e. The Balaban J connectivity index is 2.22. The number of hydrogen-bond acceptors (Lipinski definition) is 2. The van der Waals surface area contributed by atoms with Crippen LogP contribution in [0.4, 0.5) is 20.2 Å². The highest BCUT2D eigenvalue weighted by molar-refractivity contribution is 5.61. The molecule has 20 heavy (non-hydrogen) atoms. The second-order valence-corrected chi connectivity index (χ2v) is 4.47. The first-order chi connectivity index (χ1) is 9.65. The largest absolute Gasteiger partial charge is 0.353 e. The molecule has 0 radical (unpaired) electrons. The molecule has 0 aliphatic rings. The van der Waals surface area contributed by atoms with Gasteiger partial charge in [-0.2, -0.15) is 5.26 Å². The minimum absolute atomic E-state index is 0.0183. The van der Waals surface area contributed by atoms with Gasteiger partial charge < -0.3 is 5.32 Å². The van der Waals surface area contributed by atoms with E-state index >= 15 is 0 Å². The predicted octanol–water partition coefficient (Wildman–Crippen LogP) is 4.53. The Labute approximate surface area is 116 Å². The van der Waals surface area contributed by atoms with E-state index in [0.717, 1.165) is 12.8 Å². The molecule has 2 aromatic rings. The lowest BCUT2D eigenvalue weighted by Crippen LogP contribution is -1.98. The van der Waals surface area contributed by atoms with E-state index in [-0.39, 0.29) is 11.3 Å². The van der Waals surface area contributed by atoms with Crippen LogP contribution in [0.5, 0.6) is 0 Å². The molecule has 0 unspecified atom stereocenters. The molecule has 2 rings (SSSR count). The molecule has 1 N–H and O–H groups in total. The van der Waals surface area contributed by atoms with Crippen LogP contribution >= 0.6 is 0 Å². The smallest absolute Gasteiger partial charge is 0.183 e. The number of nitriles is 1. The predicted molar refractivity (Wildman–Crippen MR) is 74.8 cm³/mol. The number of aryl methyl sites for hydroxylation is 1. The normalized spacial score (nSPS) is 10.1. The Morgan fingerprint density at radius 3 is 2.35 bits per heavy atom. The highest BCUT2D eigenvalue weighted by Crippen LogP contribution is 2.24. The molecule has 0 aromatic heterocycles. The molecule has 0 saturated carbocycles. The van der Waals surface area contributed by atoms with E-state index < -0.39 is 11.6 Å². The molecule has 4 heteroatoms. The van der Waals surface area contributed by atoms with Crippen molar-refractivity contribution in [3.05, 3.63) is 59.2 Å². The van der Waals surface area contributed by atoms with Gasteiger partial charge >= 0.3 is 0 Å². The van der Waals surface area contributed by atoms with E-state index in [2.05, 4.69) is 12.2 Å². The SMILES string of the molecule is CCCc1ccc(Nc2ccc(C#N)c(F)c2F)cc1. The van der Waals surface area contributed by atoms with Crippen molar-refractivity contribution in [2.24, 2.45) is 0 Å². The highest BCUT2D eigenvalue weighted by Gasteiger charge is 2.13. The Morgan fingerprint density at radius 2 is 1.75 bits per heavy atom. The van der Waals surface area contributed by atoms with Gasteiger partial charge in [0.25, 0.3) is 0 Å². The van der Waals surface area contributed by atoms with E-state index in [4.69, 9.17) is 5.26 Å². The fourth-order valence-corrected chi connectivity index (χ4v) is 1.93. The van der Waals surface area contributed by atoms with E-state index in [1.165, 1.54) is 17.7 Å². The summed E-state index contributed by atoms with van der Waals surface area (Å²) in [5.74, 6) is -2.17. The van der Waals surface area contributed by atoms with E-state index in [1.807, 2.05) is 24.3 Å². The van der Waals surface area contributed by atoms with Crippen LogP contribution in [-0.2, 0) is 6.42 Å². The van der Waals surface area contributed by atoms with Gasteiger partial charge in [0.15, 0.2) is 11.6 Å². The summed E-state index contributed by atoms with van der Waals surface area (Å²) >= 11 is 0. The van der Waals surface area contributed by atoms with Gasteiger partial charge in [0.2, 0.25) is 0 Å². The summed E-state index contributed by atoms with van der Waals surface area (Å²) in [5.41, 5.74) is 1.59. The molecule has 0 saturated heterocycles. The van der Waals surface area contributed by atoms with Crippen molar-refractivity contribution in [3.8, 4) is 6.07 Å². The molecular weight excluding hydrogens is 258 g/mol. The van der Waals surface area contributed by atoms with Gasteiger partial charge in [-0.05, 0) is 36.2 Å². The lowest BCUT2D eigenvalue weighted by molar-refractivity contribution is 0.509. The fraction of sp³-hybridized carbons (Fsp3) is 0.188. The number of anilines is 2. The number of hydrogen-bond donors (Lipinski definition) is 1. The molecule has 0 bridgehead atoms. The van der Waals surface area contributed by atoms with Crippen LogP contribution in [0, 0.1) is 23.0 Å². The van der Waals surface area contributed by atoms with Crippen LogP contribution in [0.2, 0.25) is 0 Å². The Bertz CT molecular complexity index is 643. The van der Waals surface area contributed by atoms with Gasteiger partial charge in [0.05, 0.1) is 11.3 Å². The third-order valence-corrected chi connectivity index (χ3v) is 2.97. The van der Waals surface area contributed by atoms with E-state index in [0.29, 0.717) is 5.69 Å². The van der Waals surface area contributed by atoms with Crippen LogP contribution in [0.3, 0.4) is 0 Å². The van der Waals surface area contributed by atoms with Gasteiger partial charge in [0, 0.05) is 5.69 Å². The zero-order valence-corrected chi connectivity index (χ0v) is 11.1. The molecule has 0 fully saturated rings. The standard InChI is InChI=1S/C16H14F2N2/c1-2-3-11-4-7-13(8-5-11)20-14-9-6-12(10-19)15(17)16(14)18/h4-9,20H,2-3H2,1H3. The number of halogens is 2. The van der Waals surface area contributed by atoms with Crippen molar-refractivity contribution in [1.82, 2.24) is 0 Å². The van der Waals surface area contributed by atoms with Crippen molar-refractivity contribution in [3.63, 3.8) is 0 Å². The minimum atomic E-state index is -1.12. The summed E-state index contributed by atoms with van der Waals surface area (Å²) in [6.07, 6.45) is 2.04. The molecule has 0 heterocycles. The van der Waals surface area contributed by atoms with Gasteiger partial charge in [-0.25, -0.2) is 8.78 Å². The number of rotatable bonds is 4. The van der Waals surface area contributed by atoms with Crippen molar-refractivity contribution >= 4 is 11.4 Å². The third kappa shape index (κ3) is 2.94. The van der Waals surface area contributed by atoms with Crippen molar-refractivity contribution < 1.29 is 8.78 Å². The summed E-state index contributed by atoms with van der Waals surface area (Å²) in [6.45, 7) is 2.10. The average Bonchev–Trinajstić information content (AvgIpc) is 2.46. The quantitative estimate of drug-likeness (QED) is 0.887. The molecule has 0 amide bonds. The minimum Gasteiger partial charge on any atom is -0.353 e. The molecule has 2 aromatic carbocycles. The van der Waals surface area contributed by atoms with Crippen LogP contribution in [0.15, 0.2) is 36.4 Å². The van der Waals surface area contributed by atoms with E-state index in [1.54, 1.807) is 6.07 Å².